The van der Waals surface area contributed by atoms with Crippen LogP contribution >= 0.6 is 15.9 Å². The first kappa shape index (κ1) is 16.4. The molecule has 3 aliphatic rings. The van der Waals surface area contributed by atoms with Crippen LogP contribution in [0.1, 0.15) is 40.5 Å². The van der Waals surface area contributed by atoms with Gasteiger partial charge in [0, 0.05) is 31.6 Å². The number of likely N-dealkylation sites (N-methyl/N-ethyl adjacent to an activating group) is 1. The van der Waals surface area contributed by atoms with Crippen LogP contribution in [-0.2, 0) is 9.59 Å². The number of alkyl halides is 1. The number of carbonyl (C=O) groups excluding carboxylic acids is 2. The predicted molar refractivity (Wildman–Crippen MR) is 90.0 cm³/mol. The van der Waals surface area contributed by atoms with Gasteiger partial charge in [-0.25, -0.2) is 0 Å². The normalized spacial score (nSPS) is 41.2. The minimum absolute atomic E-state index is 0.199. The van der Waals surface area contributed by atoms with Crippen molar-refractivity contribution >= 4 is 27.6 Å². The fraction of sp³-hybridized carbons (Fsp3) is 0.882. The van der Waals surface area contributed by atoms with Crippen LogP contribution in [0.5, 0.6) is 0 Å². The quantitative estimate of drug-likeness (QED) is 0.700. The molecule has 124 valence electrons. The lowest BCUT2D eigenvalue weighted by molar-refractivity contribution is -0.149. The molecule has 1 aliphatic heterocycles. The molecule has 22 heavy (non-hydrogen) atoms. The molecular formula is C17H27BrN2O2. The molecule has 0 aromatic rings. The van der Waals surface area contributed by atoms with Crippen molar-refractivity contribution in [2.75, 3.05) is 32.7 Å². The van der Waals surface area contributed by atoms with E-state index in [-0.39, 0.29) is 27.3 Å². The largest absolute Gasteiger partial charge is 0.340 e. The van der Waals surface area contributed by atoms with E-state index >= 15 is 0 Å². The van der Waals surface area contributed by atoms with Gasteiger partial charge in [-0.1, -0.05) is 43.6 Å². The van der Waals surface area contributed by atoms with Gasteiger partial charge in [-0.15, -0.1) is 0 Å². The van der Waals surface area contributed by atoms with Gasteiger partial charge in [0.15, 0.2) is 5.78 Å². The molecule has 1 amide bonds. The number of halogens is 1. The van der Waals surface area contributed by atoms with Gasteiger partial charge < -0.3 is 9.80 Å². The number of hydrogen-bond acceptors (Lipinski definition) is 3. The van der Waals surface area contributed by atoms with Gasteiger partial charge in [-0.2, -0.15) is 0 Å². The number of ketones is 1. The fourth-order valence-corrected chi connectivity index (χ4v) is 6.48. The average Bonchev–Trinajstić information content (AvgIpc) is 2.79. The van der Waals surface area contributed by atoms with E-state index in [2.05, 4.69) is 48.5 Å². The van der Waals surface area contributed by atoms with Crippen molar-refractivity contribution in [1.82, 2.24) is 9.80 Å². The van der Waals surface area contributed by atoms with Gasteiger partial charge in [0.1, 0.15) is 0 Å². The molecule has 5 heteroatoms. The third-order valence-electron chi connectivity index (χ3n) is 7.21. The highest BCUT2D eigenvalue weighted by atomic mass is 79.9. The van der Waals surface area contributed by atoms with Crippen molar-refractivity contribution < 1.29 is 9.59 Å². The summed E-state index contributed by atoms with van der Waals surface area (Å²) >= 11 is 3.61. The van der Waals surface area contributed by atoms with E-state index in [1.165, 1.54) is 0 Å². The van der Waals surface area contributed by atoms with Crippen molar-refractivity contribution in [3.8, 4) is 0 Å². The Hall–Kier alpha value is -0.420. The third-order valence-corrected chi connectivity index (χ3v) is 8.41. The van der Waals surface area contributed by atoms with Crippen LogP contribution in [0.4, 0.5) is 0 Å². The number of fused-ring (bicyclic) bond motifs is 2. The molecule has 3 atom stereocenters. The maximum absolute atomic E-state index is 13.4. The Balaban J connectivity index is 1.90. The molecule has 3 rings (SSSR count). The van der Waals surface area contributed by atoms with Crippen LogP contribution < -0.4 is 0 Å². The molecule has 0 N–H and O–H groups in total. The molecule has 0 unspecified atom stereocenters. The first-order valence-electron chi connectivity index (χ1n) is 8.42. The lowest BCUT2D eigenvalue weighted by Gasteiger charge is -2.45. The number of amides is 1. The molecule has 2 aliphatic carbocycles. The van der Waals surface area contributed by atoms with E-state index < -0.39 is 5.41 Å². The predicted octanol–water partition coefficient (Wildman–Crippen LogP) is 2.31. The molecule has 0 aromatic heterocycles. The average molecular weight is 371 g/mol. The van der Waals surface area contributed by atoms with Gasteiger partial charge in [0.25, 0.3) is 0 Å². The summed E-state index contributed by atoms with van der Waals surface area (Å²) < 4.78 is 0. The summed E-state index contributed by atoms with van der Waals surface area (Å²) in [6, 6.07) is 0. The topological polar surface area (TPSA) is 40.6 Å². The molecule has 2 bridgehead atoms. The minimum atomic E-state index is -0.562. The van der Waals surface area contributed by atoms with E-state index in [0.717, 1.165) is 45.6 Å². The van der Waals surface area contributed by atoms with Crippen molar-refractivity contribution in [3.63, 3.8) is 0 Å². The Bertz CT molecular complexity index is 513. The van der Waals surface area contributed by atoms with Gasteiger partial charge >= 0.3 is 0 Å². The van der Waals surface area contributed by atoms with Crippen molar-refractivity contribution in [1.29, 1.82) is 0 Å². The molecule has 0 spiro atoms. The lowest BCUT2D eigenvalue weighted by atomic mass is 9.64. The van der Waals surface area contributed by atoms with E-state index in [4.69, 9.17) is 0 Å². The molecule has 0 radical (unpaired) electrons. The standard InChI is InChI=1S/C17H27BrN2O2/c1-5-19-8-10-20(11-9-19)14(22)17-7-6-16(4,15(17,2)3)13(21)12(17)18/h12H,5-11H2,1-4H3/t12-,16-,17-/m1/s1. The maximum Gasteiger partial charge on any atom is 0.231 e. The molecule has 3 fully saturated rings. The summed E-state index contributed by atoms with van der Waals surface area (Å²) in [5, 5.41) is 0. The Morgan fingerprint density at radius 1 is 1.18 bits per heavy atom. The molecule has 4 nitrogen and oxygen atoms in total. The van der Waals surface area contributed by atoms with Gasteiger partial charge in [0.2, 0.25) is 5.91 Å². The van der Waals surface area contributed by atoms with Crippen LogP contribution in [0.3, 0.4) is 0 Å². The zero-order valence-electron chi connectivity index (χ0n) is 14.1. The maximum atomic E-state index is 13.4. The van der Waals surface area contributed by atoms with Crippen LogP contribution in [0.2, 0.25) is 0 Å². The number of carbonyl (C=O) groups is 2. The van der Waals surface area contributed by atoms with Crippen molar-refractivity contribution in [3.05, 3.63) is 0 Å². The summed E-state index contributed by atoms with van der Waals surface area (Å²) in [7, 11) is 0. The molecule has 1 heterocycles. The Morgan fingerprint density at radius 3 is 2.23 bits per heavy atom. The zero-order valence-corrected chi connectivity index (χ0v) is 15.7. The van der Waals surface area contributed by atoms with Gasteiger partial charge in [0.05, 0.1) is 10.2 Å². The van der Waals surface area contributed by atoms with E-state index in [9.17, 15) is 9.59 Å². The van der Waals surface area contributed by atoms with Gasteiger partial charge in [-0.05, 0) is 24.8 Å². The number of piperazine rings is 1. The van der Waals surface area contributed by atoms with E-state index in [1.54, 1.807) is 0 Å². The highest BCUT2D eigenvalue weighted by Crippen LogP contribution is 2.72. The Kier molecular flexibility index (Phi) is 3.76. The minimum Gasteiger partial charge on any atom is -0.340 e. The molecule has 0 aromatic carbocycles. The Labute approximate surface area is 141 Å². The van der Waals surface area contributed by atoms with Crippen LogP contribution in [0, 0.1) is 16.2 Å². The SMILES string of the molecule is CCN1CCN(C(=O)[C@@]23CC[C@](C)(C(=O)[C@H]2Br)C3(C)C)CC1. The number of nitrogens with zero attached hydrogens (tertiary/aromatic N) is 2. The monoisotopic (exact) mass is 370 g/mol. The number of rotatable bonds is 2. The summed E-state index contributed by atoms with van der Waals surface area (Å²) in [4.78, 5) is 30.2. The van der Waals surface area contributed by atoms with E-state index in [0.29, 0.717) is 0 Å². The molecule has 2 saturated carbocycles. The first-order valence-corrected chi connectivity index (χ1v) is 9.34. The summed E-state index contributed by atoms with van der Waals surface area (Å²) in [6.07, 6.45) is 1.66. The van der Waals surface area contributed by atoms with Gasteiger partial charge in [-0.3, -0.25) is 9.59 Å². The zero-order chi connectivity index (χ0) is 16.3. The van der Waals surface area contributed by atoms with Crippen molar-refractivity contribution in [2.45, 2.75) is 45.4 Å². The summed E-state index contributed by atoms with van der Waals surface area (Å²) in [5.41, 5.74) is -1.22. The lowest BCUT2D eigenvalue weighted by Crippen LogP contribution is -2.57. The second kappa shape index (κ2) is 5.04. The summed E-state index contributed by atoms with van der Waals surface area (Å²) in [5.74, 6) is 0.425. The first-order chi connectivity index (χ1) is 10.2. The van der Waals surface area contributed by atoms with Crippen LogP contribution in [0.25, 0.3) is 0 Å². The molecule has 1 saturated heterocycles. The second-order valence-corrected chi connectivity index (χ2v) is 8.80. The fourth-order valence-electron chi connectivity index (χ4n) is 4.97. The van der Waals surface area contributed by atoms with Crippen LogP contribution in [0.15, 0.2) is 0 Å². The number of hydrogen-bond donors (Lipinski definition) is 0. The molecular weight excluding hydrogens is 344 g/mol. The van der Waals surface area contributed by atoms with Crippen molar-refractivity contribution in [2.24, 2.45) is 16.2 Å². The third kappa shape index (κ3) is 1.73. The highest BCUT2D eigenvalue weighted by molar-refractivity contribution is 9.10. The highest BCUT2D eigenvalue weighted by Gasteiger charge is 2.77. The smallest absolute Gasteiger partial charge is 0.231 e. The second-order valence-electron chi connectivity index (χ2n) is 7.88. The Morgan fingerprint density at radius 2 is 1.77 bits per heavy atom. The van der Waals surface area contributed by atoms with E-state index in [1.807, 2.05) is 4.90 Å². The summed E-state index contributed by atoms with van der Waals surface area (Å²) in [6.45, 7) is 13.0. The van der Waals surface area contributed by atoms with Crippen LogP contribution in [-0.4, -0.2) is 59.0 Å². The number of Topliss-reactive ketones (excluding diaryl/α,β-unsaturated/α-hetero) is 1.